The summed E-state index contributed by atoms with van der Waals surface area (Å²) in [5.74, 6) is 1.17. The zero-order valence-electron chi connectivity index (χ0n) is 10.6. The van der Waals surface area contributed by atoms with Gasteiger partial charge in [-0.15, -0.1) is 0 Å². The van der Waals surface area contributed by atoms with Gasteiger partial charge >= 0.3 is 0 Å². The monoisotopic (exact) mass is 247 g/mol. The van der Waals surface area contributed by atoms with Crippen LogP contribution in [0, 0.1) is 0 Å². The van der Waals surface area contributed by atoms with Crippen molar-refractivity contribution in [3.8, 4) is 11.5 Å². The number of hydrogen-bond donors (Lipinski definition) is 1. The van der Waals surface area contributed by atoms with Gasteiger partial charge in [-0.25, -0.2) is 0 Å². The van der Waals surface area contributed by atoms with Gasteiger partial charge in [-0.1, -0.05) is 17.3 Å². The van der Waals surface area contributed by atoms with Gasteiger partial charge in [-0.05, 0) is 24.6 Å². The maximum absolute atomic E-state index is 5.60. The summed E-state index contributed by atoms with van der Waals surface area (Å²) in [5.41, 5.74) is 7.53. The molecule has 0 saturated heterocycles. The van der Waals surface area contributed by atoms with Crippen molar-refractivity contribution in [3.63, 3.8) is 0 Å². The molecule has 1 unspecified atom stereocenters. The van der Waals surface area contributed by atoms with Crippen LogP contribution in [0.2, 0.25) is 0 Å². The summed E-state index contributed by atoms with van der Waals surface area (Å²) in [6.07, 6.45) is 0.710. The van der Waals surface area contributed by atoms with Crippen molar-refractivity contribution in [2.75, 3.05) is 7.11 Å². The highest BCUT2D eigenvalue weighted by Gasteiger charge is 2.11. The molecule has 0 aliphatic rings. The minimum atomic E-state index is 0.0748. The van der Waals surface area contributed by atoms with Gasteiger partial charge in [0.25, 0.3) is 5.89 Å². The number of ether oxygens (including phenoxy) is 1. The summed E-state index contributed by atoms with van der Waals surface area (Å²) < 4.78 is 10.4. The molecular formula is C13H17N3O2. The molecule has 1 heterocycles. The Labute approximate surface area is 106 Å². The molecule has 1 aromatic heterocycles. The standard InChI is InChI=1S/C13H17N3O2/c1-9(17-2)6-12-15-13(18-16-12)11-5-3-4-10(7-11)8-14/h3-5,7,9H,6,8,14H2,1-2H3. The van der Waals surface area contributed by atoms with Crippen LogP contribution in [0.15, 0.2) is 28.8 Å². The van der Waals surface area contributed by atoms with E-state index < -0.39 is 0 Å². The van der Waals surface area contributed by atoms with E-state index in [1.54, 1.807) is 7.11 Å². The molecule has 1 aromatic carbocycles. The Morgan fingerprint density at radius 2 is 2.28 bits per heavy atom. The van der Waals surface area contributed by atoms with Gasteiger partial charge < -0.3 is 15.0 Å². The second kappa shape index (κ2) is 5.75. The van der Waals surface area contributed by atoms with Crippen molar-refractivity contribution in [2.45, 2.75) is 26.0 Å². The minimum Gasteiger partial charge on any atom is -0.381 e. The Morgan fingerprint density at radius 3 is 3.00 bits per heavy atom. The van der Waals surface area contributed by atoms with Crippen LogP contribution in [0.25, 0.3) is 11.5 Å². The molecule has 0 spiro atoms. The van der Waals surface area contributed by atoms with Crippen LogP contribution in [-0.2, 0) is 17.7 Å². The number of rotatable bonds is 5. The molecule has 5 heteroatoms. The Hall–Kier alpha value is -1.72. The molecule has 0 amide bonds. The van der Waals surface area contributed by atoms with Crippen LogP contribution >= 0.6 is 0 Å². The van der Waals surface area contributed by atoms with Crippen LogP contribution < -0.4 is 5.73 Å². The predicted molar refractivity (Wildman–Crippen MR) is 67.8 cm³/mol. The van der Waals surface area contributed by atoms with Gasteiger partial charge in [0.2, 0.25) is 0 Å². The maximum atomic E-state index is 5.60. The van der Waals surface area contributed by atoms with Crippen LogP contribution in [0.1, 0.15) is 18.3 Å². The fourth-order valence-corrected chi connectivity index (χ4v) is 1.63. The van der Waals surface area contributed by atoms with E-state index in [9.17, 15) is 0 Å². The lowest BCUT2D eigenvalue weighted by molar-refractivity contribution is 0.116. The van der Waals surface area contributed by atoms with Crippen LogP contribution in [-0.4, -0.2) is 23.4 Å². The fourth-order valence-electron chi connectivity index (χ4n) is 1.63. The summed E-state index contributed by atoms with van der Waals surface area (Å²) in [6.45, 7) is 2.46. The molecular weight excluding hydrogens is 230 g/mol. The molecule has 0 aliphatic heterocycles. The smallest absolute Gasteiger partial charge is 0.257 e. The van der Waals surface area contributed by atoms with Crippen molar-refractivity contribution in [1.82, 2.24) is 10.1 Å². The SMILES string of the molecule is COC(C)Cc1noc(-c2cccc(CN)c2)n1. The van der Waals surface area contributed by atoms with Crippen molar-refractivity contribution >= 4 is 0 Å². The third kappa shape index (κ3) is 2.94. The zero-order valence-corrected chi connectivity index (χ0v) is 10.6. The van der Waals surface area contributed by atoms with Crippen LogP contribution in [0.5, 0.6) is 0 Å². The van der Waals surface area contributed by atoms with Crippen molar-refractivity contribution < 1.29 is 9.26 Å². The molecule has 1 atom stereocenters. The first-order valence-electron chi connectivity index (χ1n) is 5.87. The Balaban J connectivity index is 2.18. The highest BCUT2D eigenvalue weighted by molar-refractivity contribution is 5.53. The number of hydrogen-bond acceptors (Lipinski definition) is 5. The minimum absolute atomic E-state index is 0.0748. The van der Waals surface area contributed by atoms with E-state index in [1.807, 2.05) is 31.2 Å². The molecule has 18 heavy (non-hydrogen) atoms. The molecule has 0 aliphatic carbocycles. The van der Waals surface area contributed by atoms with Gasteiger partial charge in [-0.2, -0.15) is 4.98 Å². The number of methoxy groups -OCH3 is 1. The van der Waals surface area contributed by atoms with Gasteiger partial charge in [0.15, 0.2) is 5.82 Å². The highest BCUT2D eigenvalue weighted by Crippen LogP contribution is 2.18. The topological polar surface area (TPSA) is 74.2 Å². The van der Waals surface area contributed by atoms with Crippen molar-refractivity contribution in [3.05, 3.63) is 35.7 Å². The van der Waals surface area contributed by atoms with E-state index in [-0.39, 0.29) is 6.10 Å². The lowest BCUT2D eigenvalue weighted by atomic mass is 10.1. The third-order valence-corrected chi connectivity index (χ3v) is 2.75. The van der Waals surface area contributed by atoms with Gasteiger partial charge in [-0.3, -0.25) is 0 Å². The average Bonchev–Trinajstić information content (AvgIpc) is 2.87. The summed E-state index contributed by atoms with van der Waals surface area (Å²) in [4.78, 5) is 4.35. The molecule has 2 rings (SSSR count). The van der Waals surface area contributed by atoms with E-state index >= 15 is 0 Å². The highest BCUT2D eigenvalue weighted by atomic mass is 16.5. The van der Waals surface area contributed by atoms with E-state index in [2.05, 4.69) is 10.1 Å². The summed E-state index contributed by atoms with van der Waals surface area (Å²) >= 11 is 0. The predicted octanol–water partition coefficient (Wildman–Crippen LogP) is 1.77. The molecule has 0 radical (unpaired) electrons. The average molecular weight is 247 g/mol. The molecule has 5 nitrogen and oxygen atoms in total. The molecule has 0 bridgehead atoms. The fraction of sp³-hybridized carbons (Fsp3) is 0.385. The quantitative estimate of drug-likeness (QED) is 0.871. The molecule has 2 N–H and O–H groups in total. The number of aromatic nitrogens is 2. The zero-order chi connectivity index (χ0) is 13.0. The summed E-state index contributed by atoms with van der Waals surface area (Å²) in [5, 5.41) is 3.94. The molecule has 96 valence electrons. The van der Waals surface area contributed by atoms with E-state index in [0.717, 1.165) is 11.1 Å². The van der Waals surface area contributed by atoms with E-state index in [1.165, 1.54) is 0 Å². The second-order valence-electron chi connectivity index (χ2n) is 4.17. The number of nitrogens with two attached hydrogens (primary N) is 1. The van der Waals surface area contributed by atoms with Gasteiger partial charge in [0.1, 0.15) is 0 Å². The van der Waals surface area contributed by atoms with Gasteiger partial charge in [0.05, 0.1) is 6.10 Å². The van der Waals surface area contributed by atoms with E-state index in [0.29, 0.717) is 24.7 Å². The number of benzene rings is 1. The second-order valence-corrected chi connectivity index (χ2v) is 4.17. The normalized spacial score (nSPS) is 12.6. The maximum Gasteiger partial charge on any atom is 0.257 e. The van der Waals surface area contributed by atoms with Gasteiger partial charge in [0, 0.05) is 25.6 Å². The van der Waals surface area contributed by atoms with Crippen LogP contribution in [0.4, 0.5) is 0 Å². The first-order chi connectivity index (χ1) is 8.72. The van der Waals surface area contributed by atoms with Crippen molar-refractivity contribution in [1.29, 1.82) is 0 Å². The lowest BCUT2D eigenvalue weighted by Gasteiger charge is -2.04. The Kier molecular flexibility index (Phi) is 4.07. The Bertz CT molecular complexity index is 510. The van der Waals surface area contributed by atoms with Crippen molar-refractivity contribution in [2.24, 2.45) is 5.73 Å². The largest absolute Gasteiger partial charge is 0.381 e. The summed E-state index contributed by atoms with van der Waals surface area (Å²) in [6, 6.07) is 7.78. The molecule has 0 fully saturated rings. The Morgan fingerprint density at radius 1 is 1.44 bits per heavy atom. The number of nitrogens with zero attached hydrogens (tertiary/aromatic N) is 2. The molecule has 2 aromatic rings. The summed E-state index contributed by atoms with van der Waals surface area (Å²) in [7, 11) is 1.66. The lowest BCUT2D eigenvalue weighted by Crippen LogP contribution is -2.09. The third-order valence-electron chi connectivity index (χ3n) is 2.75. The first-order valence-corrected chi connectivity index (χ1v) is 5.87. The molecule has 0 saturated carbocycles. The first kappa shape index (κ1) is 12.7. The van der Waals surface area contributed by atoms with Crippen LogP contribution in [0.3, 0.4) is 0 Å². The van der Waals surface area contributed by atoms with E-state index in [4.69, 9.17) is 15.0 Å².